The number of ether oxygens (including phenoxy) is 2. The number of aromatic carboxylic acids is 1. The highest BCUT2D eigenvalue weighted by Gasteiger charge is 2.19. The molecule has 6 rings (SSSR count). The molecule has 6 aromatic rings. The SMILES string of the molecule is CC(C)n1cnnc1-c1cccc(N)n1.CCOc1nn(C)cc1C(=O)Nc1cccc(-c2nncn2C(C)C)n1.CCOc1nn(C)cc1C(=O)O.[3H]P([3H])[3H]. The van der Waals surface area contributed by atoms with E-state index in [1.54, 1.807) is 52.0 Å². The molecule has 6 aromatic heterocycles. The quantitative estimate of drug-likeness (QED) is 0.155. The van der Waals surface area contributed by atoms with E-state index in [1.165, 1.54) is 15.6 Å². The molecule has 0 spiro atoms. The second-order valence-corrected chi connectivity index (χ2v) is 11.8. The van der Waals surface area contributed by atoms with E-state index >= 15 is 0 Å². The summed E-state index contributed by atoms with van der Waals surface area (Å²) in [4.78, 5) is 31.9. The van der Waals surface area contributed by atoms with Crippen LogP contribution in [0.2, 0.25) is 0 Å². The molecule has 0 bridgehead atoms. The summed E-state index contributed by atoms with van der Waals surface area (Å²) in [6, 6.07) is 11.3. The summed E-state index contributed by atoms with van der Waals surface area (Å²) in [5, 5.41) is 35.4. The van der Waals surface area contributed by atoms with Crippen molar-refractivity contribution >= 4 is 33.2 Å². The highest BCUT2D eigenvalue weighted by Crippen LogP contribution is 2.22. The summed E-state index contributed by atoms with van der Waals surface area (Å²) >= 11 is 0. The maximum atomic E-state index is 12.6. The lowest BCUT2D eigenvalue weighted by Crippen LogP contribution is -2.14. The Labute approximate surface area is 319 Å². The number of pyridine rings is 2. The average Bonchev–Trinajstić information content (AvgIpc) is 3.96. The Hall–Kier alpha value is -6.23. The summed E-state index contributed by atoms with van der Waals surface area (Å²) in [6.07, 6.45) is 6.38. The van der Waals surface area contributed by atoms with Crippen LogP contribution in [0.15, 0.2) is 61.4 Å². The van der Waals surface area contributed by atoms with Gasteiger partial charge in [0.15, 0.2) is 11.6 Å². The zero-order chi connectivity index (χ0) is 42.2. The predicted octanol–water partition coefficient (Wildman–Crippen LogP) is 4.38. The van der Waals surface area contributed by atoms with Crippen LogP contribution in [0.25, 0.3) is 23.0 Å². The van der Waals surface area contributed by atoms with Crippen LogP contribution in [0.3, 0.4) is 0 Å². The highest BCUT2D eigenvalue weighted by atomic mass is 31.0. The molecule has 0 aliphatic rings. The third-order valence-corrected chi connectivity index (χ3v) is 7.11. The summed E-state index contributed by atoms with van der Waals surface area (Å²) in [6.45, 7) is 12.7. The van der Waals surface area contributed by atoms with Crippen molar-refractivity contribution in [1.29, 1.82) is 3.84 Å². The van der Waals surface area contributed by atoms with Crippen LogP contribution in [-0.4, -0.2) is 93.1 Å². The number of amides is 1. The third kappa shape index (κ3) is 10.9. The number of nitrogens with one attached hydrogen (secondary N) is 1. The fourth-order valence-corrected chi connectivity index (χ4v) is 4.72. The van der Waals surface area contributed by atoms with Gasteiger partial charge in [0.05, 0.1) is 17.0 Å². The number of anilines is 2. The highest BCUT2D eigenvalue weighted by molar-refractivity contribution is 6.92. The standard InChI is InChI=1S/C17H21N7O2.C10H13N5.C7H10N2O3.H3P/c1-5-26-17-12(9-23(4)22-17)16(25)20-14-8-6-7-13(19-14)15-21-18-10-24(15)11(2)3;1-7(2)15-6-12-14-10(15)8-4-3-5-9(11)13-8;1-3-12-6-5(7(10)11)4-9(2)8-6;/h6-11H,5H2,1-4H3,(H,19,20,25);3-7H,1-2H3,(H2,11,13);4H,3H2,1-2H3,(H,10,11);1H3/i;;;1T3. The zero-order valence-electron chi connectivity index (χ0n) is 34.3. The average molecular weight is 769 g/mol. The number of nitrogens with two attached hydrogens (primary N) is 1. The van der Waals surface area contributed by atoms with E-state index in [4.69, 9.17) is 24.1 Å². The van der Waals surface area contributed by atoms with Gasteiger partial charge in [-0.2, -0.15) is 9.73 Å². The third-order valence-electron chi connectivity index (χ3n) is 7.11. The van der Waals surface area contributed by atoms with Gasteiger partial charge in [0.25, 0.3) is 5.91 Å². The van der Waals surface area contributed by atoms with Gasteiger partial charge >= 0.3 is 5.97 Å². The minimum atomic E-state index is -1.87. The number of hydrogen-bond donors (Lipinski definition) is 3. The summed E-state index contributed by atoms with van der Waals surface area (Å²) < 4.78 is 35.2. The first kappa shape index (κ1) is 37.5. The van der Waals surface area contributed by atoms with Gasteiger partial charge in [-0.15, -0.1) is 30.6 Å². The van der Waals surface area contributed by atoms with Crippen molar-refractivity contribution in [3.8, 4) is 34.8 Å². The zero-order valence-corrected chi connectivity index (χ0v) is 32.2. The number of carboxylic acids is 1. The minimum absolute atomic E-state index is 0.0966. The van der Waals surface area contributed by atoms with Crippen LogP contribution in [0, 0.1) is 0 Å². The minimum Gasteiger partial charge on any atom is -0.477 e. The molecule has 0 unspecified atom stereocenters. The van der Waals surface area contributed by atoms with Crippen LogP contribution in [0.4, 0.5) is 11.6 Å². The van der Waals surface area contributed by atoms with E-state index < -0.39 is 15.7 Å². The molecule has 0 saturated carbocycles. The molecule has 19 nitrogen and oxygen atoms in total. The number of carbonyl (C=O) groups is 2. The molecule has 20 heteroatoms. The predicted molar refractivity (Wildman–Crippen MR) is 206 cm³/mol. The molecule has 0 atom stereocenters. The van der Waals surface area contributed by atoms with Crippen molar-refractivity contribution in [1.82, 2.24) is 59.1 Å². The number of nitrogen functional groups attached to an aromatic ring is 1. The number of nitrogens with zero attached hydrogens (tertiary/aromatic N) is 12. The fraction of sp³-hybridized carbons (Fsp3) is 0.353. The van der Waals surface area contributed by atoms with E-state index in [1.807, 2.05) is 54.2 Å². The van der Waals surface area contributed by atoms with Crippen molar-refractivity contribution in [3.05, 3.63) is 72.6 Å². The normalized spacial score (nSPS) is 11.2. The first-order valence-corrected chi connectivity index (χ1v) is 16.7. The number of hydrogen-bond acceptors (Lipinski definition) is 13. The van der Waals surface area contributed by atoms with Crippen molar-refractivity contribution in [2.24, 2.45) is 14.1 Å². The van der Waals surface area contributed by atoms with Crippen LogP contribution < -0.4 is 20.5 Å². The maximum absolute atomic E-state index is 12.6. The monoisotopic (exact) mass is 768 g/mol. The Morgan fingerprint density at radius 2 is 1.31 bits per heavy atom. The Kier molecular flexibility index (Phi) is 13.6. The summed E-state index contributed by atoms with van der Waals surface area (Å²) in [5.41, 5.74) is 7.45. The van der Waals surface area contributed by atoms with Gasteiger partial charge in [0.1, 0.15) is 46.8 Å². The molecule has 288 valence electrons. The molecular weight excluding hydrogens is 715 g/mol. The molecule has 4 N–H and O–H groups in total. The molecule has 0 aromatic carbocycles. The number of carboxylic acid groups (broad SMARTS) is 1. The van der Waals surface area contributed by atoms with Gasteiger partial charge in [-0.05, 0) is 65.8 Å². The Bertz CT molecular complexity index is 2180. The molecule has 1 amide bonds. The smallest absolute Gasteiger partial charge is 0.342 e. The van der Waals surface area contributed by atoms with Gasteiger partial charge in [0.2, 0.25) is 11.8 Å². The second kappa shape index (κ2) is 19.6. The van der Waals surface area contributed by atoms with E-state index in [2.05, 4.69) is 59.7 Å². The van der Waals surface area contributed by atoms with Gasteiger partial charge in [0, 0.05) is 38.6 Å². The molecule has 0 aliphatic carbocycles. The Balaban J connectivity index is 0.000000237. The van der Waals surface area contributed by atoms with E-state index in [9.17, 15) is 9.59 Å². The summed E-state index contributed by atoms with van der Waals surface area (Å²) in [5.74, 6) is 1.41. The first-order chi connectivity index (χ1) is 27.1. The summed E-state index contributed by atoms with van der Waals surface area (Å²) in [7, 11) is 1.51. The number of carbonyl (C=O) groups excluding carboxylic acids is 1. The fourth-order valence-electron chi connectivity index (χ4n) is 4.72. The Morgan fingerprint density at radius 3 is 1.80 bits per heavy atom. The maximum Gasteiger partial charge on any atom is 0.342 e. The van der Waals surface area contributed by atoms with Crippen molar-refractivity contribution in [2.45, 2.75) is 53.6 Å². The molecular formula is C34H47N14O5P. The Morgan fingerprint density at radius 1 is 0.833 bits per heavy atom. The number of aromatic nitrogens is 12. The molecule has 6 heterocycles. The lowest BCUT2D eigenvalue weighted by molar-refractivity contribution is 0.0692. The van der Waals surface area contributed by atoms with E-state index in [0.29, 0.717) is 53.9 Å². The first-order valence-electron chi connectivity index (χ1n) is 18.0. The lowest BCUT2D eigenvalue weighted by Gasteiger charge is -2.10. The molecule has 0 aliphatic heterocycles. The van der Waals surface area contributed by atoms with Gasteiger partial charge < -0.3 is 34.8 Å². The van der Waals surface area contributed by atoms with Crippen LogP contribution in [-0.2, 0) is 14.1 Å². The van der Waals surface area contributed by atoms with E-state index in [0.717, 1.165) is 11.5 Å². The topological polar surface area (TPSA) is 234 Å². The lowest BCUT2D eigenvalue weighted by atomic mass is 10.3. The van der Waals surface area contributed by atoms with Crippen LogP contribution >= 0.6 is 9.73 Å². The largest absolute Gasteiger partial charge is 0.477 e. The number of aryl methyl sites for hydroxylation is 2. The van der Waals surface area contributed by atoms with Crippen molar-refractivity contribution in [2.75, 3.05) is 24.3 Å². The van der Waals surface area contributed by atoms with Crippen LogP contribution in [0.1, 0.15) is 74.3 Å². The second-order valence-electron chi connectivity index (χ2n) is 11.8. The van der Waals surface area contributed by atoms with Gasteiger partial charge in [-0.25, -0.2) is 14.8 Å². The van der Waals surface area contributed by atoms with Gasteiger partial charge in [-0.1, -0.05) is 12.1 Å². The van der Waals surface area contributed by atoms with Gasteiger partial charge in [-0.3, -0.25) is 14.2 Å². The van der Waals surface area contributed by atoms with Crippen molar-refractivity contribution in [3.63, 3.8) is 0 Å². The molecule has 0 radical (unpaired) electrons. The van der Waals surface area contributed by atoms with Crippen molar-refractivity contribution < 1.29 is 24.2 Å². The molecule has 54 heavy (non-hydrogen) atoms. The van der Waals surface area contributed by atoms with E-state index in [-0.39, 0.29) is 23.4 Å². The molecule has 0 saturated heterocycles. The number of rotatable bonds is 11. The van der Waals surface area contributed by atoms with Crippen LogP contribution in [0.5, 0.6) is 11.8 Å². The molecule has 0 fully saturated rings.